The van der Waals surface area contributed by atoms with Crippen molar-refractivity contribution < 1.29 is 28.7 Å². The lowest BCUT2D eigenvalue weighted by Gasteiger charge is -2.23. The van der Waals surface area contributed by atoms with E-state index in [0.717, 1.165) is 23.4 Å². The van der Waals surface area contributed by atoms with Crippen LogP contribution in [0, 0.1) is 0 Å². The van der Waals surface area contributed by atoms with Crippen LogP contribution in [0.2, 0.25) is 0 Å². The van der Waals surface area contributed by atoms with E-state index in [-0.39, 0.29) is 5.91 Å². The van der Waals surface area contributed by atoms with E-state index >= 15 is 0 Å². The van der Waals surface area contributed by atoms with Gasteiger partial charge >= 0.3 is 6.03 Å². The second-order valence-electron chi connectivity index (χ2n) is 8.90. The van der Waals surface area contributed by atoms with Crippen molar-refractivity contribution in [1.82, 2.24) is 10.2 Å². The Morgan fingerprint density at radius 2 is 1.77 bits per heavy atom. The number of urea groups is 1. The van der Waals surface area contributed by atoms with Gasteiger partial charge in [-0.1, -0.05) is 6.07 Å². The smallest absolute Gasteiger partial charge is 0.325 e. The Hall–Kier alpha value is -4.08. The molecule has 182 valence electrons. The number of benzene rings is 2. The predicted molar refractivity (Wildman–Crippen MR) is 126 cm³/mol. The SMILES string of the molecule is C[C@]1(c2ccc3c(c2)OCCCO3)NC(=O)N(CC(=O)Nc2ccc(N3CCCC3=O)cc2)C1=O. The van der Waals surface area contributed by atoms with Gasteiger partial charge in [-0.3, -0.25) is 19.3 Å². The molecule has 3 aliphatic heterocycles. The molecule has 2 N–H and O–H groups in total. The lowest BCUT2D eigenvalue weighted by molar-refractivity contribution is -0.133. The summed E-state index contributed by atoms with van der Waals surface area (Å²) in [5, 5.41) is 5.41. The maximum Gasteiger partial charge on any atom is 0.325 e. The lowest BCUT2D eigenvalue weighted by Crippen LogP contribution is -2.42. The van der Waals surface area contributed by atoms with Crippen LogP contribution in [0.15, 0.2) is 42.5 Å². The van der Waals surface area contributed by atoms with Gasteiger partial charge in [0.2, 0.25) is 11.8 Å². The highest BCUT2D eigenvalue weighted by Crippen LogP contribution is 2.36. The lowest BCUT2D eigenvalue weighted by atomic mass is 9.91. The molecule has 1 atom stereocenters. The number of imide groups is 1. The monoisotopic (exact) mass is 478 g/mol. The van der Waals surface area contributed by atoms with Gasteiger partial charge in [0.1, 0.15) is 12.1 Å². The normalized spacial score (nSPS) is 21.7. The highest BCUT2D eigenvalue weighted by Gasteiger charge is 2.49. The number of hydrogen-bond donors (Lipinski definition) is 2. The quantitative estimate of drug-likeness (QED) is 0.638. The topological polar surface area (TPSA) is 117 Å². The molecule has 5 rings (SSSR count). The van der Waals surface area contributed by atoms with Gasteiger partial charge in [0.25, 0.3) is 5.91 Å². The summed E-state index contributed by atoms with van der Waals surface area (Å²) in [7, 11) is 0. The average Bonchev–Trinajstić information content (AvgIpc) is 3.25. The number of carbonyl (C=O) groups excluding carboxylic acids is 4. The van der Waals surface area contributed by atoms with Crippen LogP contribution in [0.4, 0.5) is 16.2 Å². The van der Waals surface area contributed by atoms with Gasteiger partial charge < -0.3 is 25.0 Å². The summed E-state index contributed by atoms with van der Waals surface area (Å²) in [6, 6.07) is 11.4. The number of nitrogens with one attached hydrogen (secondary N) is 2. The first kappa shape index (κ1) is 22.7. The van der Waals surface area contributed by atoms with Crippen molar-refractivity contribution in [3.63, 3.8) is 0 Å². The van der Waals surface area contributed by atoms with Crippen molar-refractivity contribution in [2.45, 2.75) is 31.7 Å². The molecule has 0 aliphatic carbocycles. The number of anilines is 2. The molecule has 0 spiro atoms. The Morgan fingerprint density at radius 1 is 1.03 bits per heavy atom. The summed E-state index contributed by atoms with van der Waals surface area (Å²) in [5.74, 6) is 0.134. The van der Waals surface area contributed by atoms with E-state index in [1.165, 1.54) is 0 Å². The molecule has 2 aromatic rings. The highest BCUT2D eigenvalue weighted by molar-refractivity contribution is 6.10. The number of amides is 5. The Kier molecular flexibility index (Phi) is 5.80. The largest absolute Gasteiger partial charge is 0.490 e. The standard InChI is InChI=1S/C25H26N4O6/c1-25(16-5-10-19-20(14-16)35-13-3-12-34-19)23(32)29(24(33)27-25)15-21(30)26-17-6-8-18(9-7-17)28-11-2-4-22(28)31/h5-10,14H,2-4,11-13,15H2,1H3,(H,26,30)(H,27,33)/t25-/m1/s1. The van der Waals surface area contributed by atoms with E-state index in [9.17, 15) is 19.2 Å². The van der Waals surface area contributed by atoms with Crippen molar-refractivity contribution >= 4 is 35.1 Å². The molecule has 0 saturated carbocycles. The minimum Gasteiger partial charge on any atom is -0.490 e. The number of ether oxygens (including phenoxy) is 2. The van der Waals surface area contributed by atoms with Gasteiger partial charge in [0.15, 0.2) is 11.5 Å². The van der Waals surface area contributed by atoms with Gasteiger partial charge in [0.05, 0.1) is 13.2 Å². The van der Waals surface area contributed by atoms with Gasteiger partial charge in [-0.15, -0.1) is 0 Å². The molecule has 10 heteroatoms. The van der Waals surface area contributed by atoms with Crippen LogP contribution in [0.3, 0.4) is 0 Å². The first-order chi connectivity index (χ1) is 16.8. The molecule has 10 nitrogen and oxygen atoms in total. The molecular formula is C25H26N4O6. The fraction of sp³-hybridized carbons (Fsp3) is 0.360. The summed E-state index contributed by atoms with van der Waals surface area (Å²) in [4.78, 5) is 53.0. The Morgan fingerprint density at radius 3 is 2.49 bits per heavy atom. The minimum absolute atomic E-state index is 0.0805. The first-order valence-electron chi connectivity index (χ1n) is 11.6. The molecule has 0 bridgehead atoms. The number of hydrogen-bond acceptors (Lipinski definition) is 6. The van der Waals surface area contributed by atoms with Crippen LogP contribution >= 0.6 is 0 Å². The maximum atomic E-state index is 13.2. The second-order valence-corrected chi connectivity index (χ2v) is 8.90. The van der Waals surface area contributed by atoms with Crippen molar-refractivity contribution in [2.75, 3.05) is 36.5 Å². The Balaban J connectivity index is 1.26. The molecule has 35 heavy (non-hydrogen) atoms. The van der Waals surface area contributed by atoms with Crippen LogP contribution in [0.1, 0.15) is 31.7 Å². The van der Waals surface area contributed by atoms with Crippen LogP contribution in [0.25, 0.3) is 0 Å². The number of rotatable bonds is 5. The molecule has 0 aromatic heterocycles. The molecule has 0 radical (unpaired) electrons. The van der Waals surface area contributed by atoms with Crippen molar-refractivity contribution in [1.29, 1.82) is 0 Å². The predicted octanol–water partition coefficient (Wildman–Crippen LogP) is 2.38. The van der Waals surface area contributed by atoms with Crippen LogP contribution in [-0.2, 0) is 19.9 Å². The van der Waals surface area contributed by atoms with E-state index in [4.69, 9.17) is 9.47 Å². The zero-order valence-electron chi connectivity index (χ0n) is 19.3. The minimum atomic E-state index is -1.34. The van der Waals surface area contributed by atoms with Crippen LogP contribution in [-0.4, -0.2) is 55.0 Å². The van der Waals surface area contributed by atoms with Gasteiger partial charge in [0, 0.05) is 30.8 Å². The molecule has 3 heterocycles. The third kappa shape index (κ3) is 4.27. The van der Waals surface area contributed by atoms with Crippen molar-refractivity contribution in [3.05, 3.63) is 48.0 Å². The molecular weight excluding hydrogens is 452 g/mol. The zero-order valence-corrected chi connectivity index (χ0v) is 19.3. The van der Waals surface area contributed by atoms with Crippen molar-refractivity contribution in [3.8, 4) is 11.5 Å². The third-order valence-electron chi connectivity index (χ3n) is 6.44. The summed E-state index contributed by atoms with van der Waals surface area (Å²) >= 11 is 0. The summed E-state index contributed by atoms with van der Waals surface area (Å²) < 4.78 is 11.4. The Labute approximate surface area is 202 Å². The van der Waals surface area contributed by atoms with Crippen molar-refractivity contribution in [2.24, 2.45) is 0 Å². The van der Waals surface area contributed by atoms with Crippen LogP contribution < -0.4 is 25.0 Å². The maximum absolute atomic E-state index is 13.2. The van der Waals surface area contributed by atoms with Crippen LogP contribution in [0.5, 0.6) is 11.5 Å². The first-order valence-corrected chi connectivity index (χ1v) is 11.6. The summed E-state index contributed by atoms with van der Waals surface area (Å²) in [5.41, 5.74) is 0.468. The molecule has 0 unspecified atom stereocenters. The van der Waals surface area contributed by atoms with E-state index in [1.54, 1.807) is 54.3 Å². The van der Waals surface area contributed by atoms with E-state index in [0.29, 0.717) is 48.9 Å². The average molecular weight is 479 g/mol. The number of nitrogens with zero attached hydrogens (tertiary/aromatic N) is 2. The highest BCUT2D eigenvalue weighted by atomic mass is 16.5. The zero-order chi connectivity index (χ0) is 24.6. The molecule has 3 aliphatic rings. The fourth-order valence-electron chi connectivity index (χ4n) is 4.50. The molecule has 2 fully saturated rings. The van der Waals surface area contributed by atoms with Gasteiger partial charge in [-0.2, -0.15) is 0 Å². The van der Waals surface area contributed by atoms with E-state index < -0.39 is 29.9 Å². The summed E-state index contributed by atoms with van der Waals surface area (Å²) in [6.45, 7) is 2.88. The second kappa shape index (κ2) is 8.94. The number of carbonyl (C=O) groups is 4. The molecule has 2 saturated heterocycles. The molecule has 2 aromatic carbocycles. The van der Waals surface area contributed by atoms with E-state index in [2.05, 4.69) is 10.6 Å². The summed E-state index contributed by atoms with van der Waals surface area (Å²) in [6.07, 6.45) is 2.11. The Bertz CT molecular complexity index is 1200. The van der Waals surface area contributed by atoms with Gasteiger partial charge in [-0.25, -0.2) is 4.79 Å². The third-order valence-corrected chi connectivity index (χ3v) is 6.44. The van der Waals surface area contributed by atoms with E-state index in [1.807, 2.05) is 0 Å². The fourth-order valence-corrected chi connectivity index (χ4v) is 4.50. The number of fused-ring (bicyclic) bond motifs is 1. The van der Waals surface area contributed by atoms with Gasteiger partial charge in [-0.05, 0) is 55.3 Å². The molecule has 5 amide bonds.